The maximum absolute atomic E-state index is 10.7. The van der Waals surface area contributed by atoms with Crippen molar-refractivity contribution in [2.75, 3.05) is 0 Å². The first-order chi connectivity index (χ1) is 5.58. The second-order valence-corrected chi connectivity index (χ2v) is 2.30. The molecule has 1 aliphatic rings. The van der Waals surface area contributed by atoms with Crippen molar-refractivity contribution in [3.63, 3.8) is 0 Å². The van der Waals surface area contributed by atoms with E-state index >= 15 is 0 Å². The third kappa shape index (κ3) is 2.15. The molecule has 0 radical (unpaired) electrons. The third-order valence-corrected chi connectivity index (χ3v) is 1.20. The lowest BCUT2D eigenvalue weighted by molar-refractivity contribution is -0.139. The highest BCUT2D eigenvalue weighted by molar-refractivity contribution is 6.15. The van der Waals surface area contributed by atoms with Crippen LogP contribution in [-0.4, -0.2) is 23.6 Å². The molecule has 1 aliphatic heterocycles. The lowest BCUT2D eigenvalue weighted by Gasteiger charge is -2.08. The Morgan fingerprint density at radius 2 is 0.917 bits per heavy atom. The van der Waals surface area contributed by atoms with Gasteiger partial charge in [0, 0.05) is 0 Å². The van der Waals surface area contributed by atoms with Crippen molar-refractivity contribution in [2.45, 2.75) is 12.8 Å². The van der Waals surface area contributed by atoms with Crippen molar-refractivity contribution in [3.8, 4) is 0 Å². The van der Waals surface area contributed by atoms with E-state index in [9.17, 15) is 19.2 Å². The van der Waals surface area contributed by atoms with Gasteiger partial charge in [-0.05, 0) is 0 Å². The first-order valence-electron chi connectivity index (χ1n) is 3.23. The van der Waals surface area contributed by atoms with Gasteiger partial charge < -0.3 is 0 Å². The largest absolute Gasteiger partial charge is 0.296 e. The van der Waals surface area contributed by atoms with Gasteiger partial charge in [0.2, 0.25) is 23.6 Å². The Kier molecular flexibility index (Phi) is 2.18. The van der Waals surface area contributed by atoms with Crippen LogP contribution in [0.5, 0.6) is 0 Å². The number of amides is 4. The average molecular weight is 170 g/mol. The van der Waals surface area contributed by atoms with Gasteiger partial charge in [0.25, 0.3) is 0 Å². The van der Waals surface area contributed by atoms with E-state index in [0.717, 1.165) is 0 Å². The van der Waals surface area contributed by atoms with Crippen molar-refractivity contribution >= 4 is 23.6 Å². The van der Waals surface area contributed by atoms with Gasteiger partial charge in [0.05, 0.1) is 0 Å². The van der Waals surface area contributed by atoms with Crippen molar-refractivity contribution in [1.82, 2.24) is 10.6 Å². The SMILES string of the molecule is O=C1CC(=O)NC(=O)CC(=O)N1. The van der Waals surface area contributed by atoms with Crippen LogP contribution in [0.25, 0.3) is 0 Å². The van der Waals surface area contributed by atoms with Gasteiger partial charge in [-0.25, -0.2) is 0 Å². The van der Waals surface area contributed by atoms with Crippen LogP contribution in [0, 0.1) is 0 Å². The second kappa shape index (κ2) is 3.12. The molecule has 0 spiro atoms. The highest BCUT2D eigenvalue weighted by Gasteiger charge is 2.20. The molecule has 0 aromatic carbocycles. The number of carbonyl (C=O) groups excluding carboxylic acids is 4. The van der Waals surface area contributed by atoms with Crippen LogP contribution in [0.2, 0.25) is 0 Å². The molecule has 0 atom stereocenters. The lowest BCUT2D eigenvalue weighted by Crippen LogP contribution is -2.43. The molecule has 12 heavy (non-hydrogen) atoms. The Morgan fingerprint density at radius 3 is 1.17 bits per heavy atom. The van der Waals surface area contributed by atoms with Crippen molar-refractivity contribution in [3.05, 3.63) is 0 Å². The second-order valence-electron chi connectivity index (χ2n) is 2.30. The summed E-state index contributed by atoms with van der Waals surface area (Å²) in [5.74, 6) is -2.76. The Morgan fingerprint density at radius 1 is 0.667 bits per heavy atom. The van der Waals surface area contributed by atoms with Gasteiger partial charge in [-0.3, -0.25) is 29.8 Å². The van der Waals surface area contributed by atoms with Crippen LogP contribution in [0.1, 0.15) is 12.8 Å². The van der Waals surface area contributed by atoms with E-state index in [-0.39, 0.29) is 0 Å². The molecule has 1 rings (SSSR count). The molecule has 0 aromatic heterocycles. The van der Waals surface area contributed by atoms with E-state index in [0.29, 0.717) is 0 Å². The van der Waals surface area contributed by atoms with Gasteiger partial charge >= 0.3 is 0 Å². The van der Waals surface area contributed by atoms with Crippen molar-refractivity contribution in [1.29, 1.82) is 0 Å². The summed E-state index contributed by atoms with van der Waals surface area (Å²) in [6, 6.07) is 0. The highest BCUT2D eigenvalue weighted by Crippen LogP contribution is 1.89. The number of hydrogen-bond donors (Lipinski definition) is 2. The fourth-order valence-corrected chi connectivity index (χ4v) is 0.779. The molecular formula is C6H6N2O4. The van der Waals surface area contributed by atoms with Gasteiger partial charge in [-0.2, -0.15) is 0 Å². The molecule has 0 aromatic rings. The minimum Gasteiger partial charge on any atom is -0.296 e. The summed E-state index contributed by atoms with van der Waals surface area (Å²) in [7, 11) is 0. The molecule has 0 aliphatic carbocycles. The molecule has 1 fully saturated rings. The Balaban J connectivity index is 2.69. The van der Waals surface area contributed by atoms with E-state index in [1.54, 1.807) is 0 Å². The Hall–Kier alpha value is -1.72. The van der Waals surface area contributed by atoms with E-state index in [2.05, 4.69) is 0 Å². The molecule has 6 nitrogen and oxygen atoms in total. The number of imide groups is 2. The fraction of sp³-hybridized carbons (Fsp3) is 0.333. The first-order valence-corrected chi connectivity index (χ1v) is 3.23. The molecule has 0 saturated carbocycles. The van der Waals surface area contributed by atoms with E-state index in [4.69, 9.17) is 0 Å². The van der Waals surface area contributed by atoms with Gasteiger partial charge in [0.15, 0.2) is 0 Å². The smallest absolute Gasteiger partial charge is 0.236 e. The maximum Gasteiger partial charge on any atom is 0.236 e. The van der Waals surface area contributed by atoms with Crippen molar-refractivity contribution < 1.29 is 19.2 Å². The van der Waals surface area contributed by atoms with Crippen LogP contribution in [0.15, 0.2) is 0 Å². The summed E-state index contributed by atoms with van der Waals surface area (Å²) >= 11 is 0. The average Bonchev–Trinajstić information content (AvgIpc) is 1.81. The maximum atomic E-state index is 10.7. The fourth-order valence-electron chi connectivity index (χ4n) is 0.779. The van der Waals surface area contributed by atoms with E-state index < -0.39 is 36.5 Å². The van der Waals surface area contributed by atoms with Crippen LogP contribution in [-0.2, 0) is 19.2 Å². The summed E-state index contributed by atoms with van der Waals surface area (Å²) in [6.45, 7) is 0. The zero-order chi connectivity index (χ0) is 9.14. The minimum absolute atomic E-state index is 0.489. The van der Waals surface area contributed by atoms with Crippen LogP contribution in [0.3, 0.4) is 0 Å². The molecule has 2 N–H and O–H groups in total. The standard InChI is InChI=1S/C6H6N2O4/c9-3-1-4(10)8-6(12)2-5(11)7-3/h1-2H2,(H,7,9,11)(H,8,10,12). The minimum atomic E-state index is -0.690. The number of hydrogen-bond acceptors (Lipinski definition) is 4. The molecule has 64 valence electrons. The van der Waals surface area contributed by atoms with Crippen molar-refractivity contribution in [2.24, 2.45) is 0 Å². The normalized spacial score (nSPS) is 19.3. The molecule has 0 bridgehead atoms. The summed E-state index contributed by atoms with van der Waals surface area (Å²) in [5, 5.41) is 3.77. The van der Waals surface area contributed by atoms with Gasteiger partial charge in [-0.15, -0.1) is 0 Å². The molecule has 1 heterocycles. The Labute approximate surface area is 67.3 Å². The number of carbonyl (C=O) groups is 4. The van der Waals surface area contributed by atoms with E-state index in [1.807, 2.05) is 10.6 Å². The summed E-state index contributed by atoms with van der Waals surface area (Å²) < 4.78 is 0. The molecule has 6 heteroatoms. The summed E-state index contributed by atoms with van der Waals surface area (Å²) in [5.41, 5.74) is 0. The summed E-state index contributed by atoms with van der Waals surface area (Å²) in [6.07, 6.45) is -0.977. The molecular weight excluding hydrogens is 164 g/mol. The molecule has 1 saturated heterocycles. The third-order valence-electron chi connectivity index (χ3n) is 1.20. The van der Waals surface area contributed by atoms with Gasteiger partial charge in [-0.1, -0.05) is 0 Å². The van der Waals surface area contributed by atoms with E-state index in [1.165, 1.54) is 0 Å². The van der Waals surface area contributed by atoms with Crippen LogP contribution in [0.4, 0.5) is 0 Å². The quantitative estimate of drug-likeness (QED) is 0.327. The van der Waals surface area contributed by atoms with Crippen LogP contribution < -0.4 is 10.6 Å². The highest BCUT2D eigenvalue weighted by atomic mass is 16.2. The molecule has 0 unspecified atom stereocenters. The predicted octanol–water partition coefficient (Wildman–Crippen LogP) is -1.93. The monoisotopic (exact) mass is 170 g/mol. The molecule has 4 amide bonds. The number of nitrogens with one attached hydrogen (secondary N) is 2. The lowest BCUT2D eigenvalue weighted by atomic mass is 10.3. The predicted molar refractivity (Wildman–Crippen MR) is 35.5 cm³/mol. The zero-order valence-corrected chi connectivity index (χ0v) is 6.05. The zero-order valence-electron chi connectivity index (χ0n) is 6.05. The Bertz CT molecular complexity index is 199. The summed E-state index contributed by atoms with van der Waals surface area (Å²) in [4.78, 5) is 42.6. The topological polar surface area (TPSA) is 92.3 Å². The van der Waals surface area contributed by atoms with Crippen LogP contribution >= 0.6 is 0 Å². The van der Waals surface area contributed by atoms with Gasteiger partial charge in [0.1, 0.15) is 12.8 Å². The first kappa shape index (κ1) is 8.38. The number of rotatable bonds is 0.